The van der Waals surface area contributed by atoms with Crippen molar-refractivity contribution in [2.45, 2.75) is 44.0 Å². The van der Waals surface area contributed by atoms with E-state index in [1.807, 2.05) is 20.8 Å². The predicted molar refractivity (Wildman–Crippen MR) is 91.0 cm³/mol. The number of aromatic nitrogens is 2. The number of nitrogens with zero attached hydrogens (tertiary/aromatic N) is 3. The van der Waals surface area contributed by atoms with E-state index in [2.05, 4.69) is 15.1 Å². The molecule has 9 heteroatoms. The molecule has 8 nitrogen and oxygen atoms in total. The van der Waals surface area contributed by atoms with Gasteiger partial charge in [0.25, 0.3) is 0 Å². The third-order valence-electron chi connectivity index (χ3n) is 3.94. The van der Waals surface area contributed by atoms with Crippen LogP contribution >= 0.6 is 0 Å². The van der Waals surface area contributed by atoms with Crippen LogP contribution in [0, 0.1) is 5.92 Å². The smallest absolute Gasteiger partial charge is 0.317 e. The molecule has 0 bridgehead atoms. The summed E-state index contributed by atoms with van der Waals surface area (Å²) in [5.41, 5.74) is -0.257. The quantitative estimate of drug-likeness (QED) is 0.837. The number of urea groups is 1. The number of rotatable bonds is 4. The molecule has 2 heterocycles. The molecule has 1 aromatic heterocycles. The minimum absolute atomic E-state index is 0.0584. The van der Waals surface area contributed by atoms with Crippen molar-refractivity contribution < 1.29 is 13.2 Å². The molecule has 1 aromatic rings. The van der Waals surface area contributed by atoms with E-state index >= 15 is 0 Å². The van der Waals surface area contributed by atoms with Crippen LogP contribution in [0.2, 0.25) is 0 Å². The Bertz CT molecular complexity index is 670. The molecule has 1 aliphatic rings. The second-order valence-corrected chi connectivity index (χ2v) is 9.08. The van der Waals surface area contributed by atoms with Gasteiger partial charge in [-0.1, -0.05) is 0 Å². The first-order valence-electron chi connectivity index (χ1n) is 8.12. The average Bonchev–Trinajstić information content (AvgIpc) is 2.91. The van der Waals surface area contributed by atoms with Crippen LogP contribution in [0.15, 0.2) is 17.3 Å². The summed E-state index contributed by atoms with van der Waals surface area (Å²) in [6.07, 6.45) is 4.38. The summed E-state index contributed by atoms with van der Waals surface area (Å²) in [4.78, 5) is 14.1. The van der Waals surface area contributed by atoms with Crippen LogP contribution in [-0.4, -0.2) is 54.3 Å². The van der Waals surface area contributed by atoms with Gasteiger partial charge in [-0.15, -0.1) is 0 Å². The van der Waals surface area contributed by atoms with Crippen molar-refractivity contribution in [1.82, 2.24) is 24.7 Å². The van der Waals surface area contributed by atoms with Crippen LogP contribution in [0.1, 0.15) is 33.6 Å². The highest BCUT2D eigenvalue weighted by molar-refractivity contribution is 7.89. The number of carbonyl (C=O) groups excluding carboxylic acids is 1. The van der Waals surface area contributed by atoms with E-state index in [-0.39, 0.29) is 22.4 Å². The predicted octanol–water partition coefficient (Wildman–Crippen LogP) is 0.919. The Kier molecular flexibility index (Phi) is 5.54. The molecule has 2 rings (SSSR count). The van der Waals surface area contributed by atoms with E-state index in [0.717, 1.165) is 12.8 Å². The number of hydrogen-bond acceptors (Lipinski definition) is 4. The molecule has 1 fully saturated rings. The van der Waals surface area contributed by atoms with E-state index in [0.29, 0.717) is 19.6 Å². The number of carbonyl (C=O) groups is 1. The molecule has 136 valence electrons. The minimum atomic E-state index is -3.52. The topological polar surface area (TPSA) is 96.3 Å². The molecular weight excluding hydrogens is 330 g/mol. The van der Waals surface area contributed by atoms with Crippen molar-refractivity contribution in [3.8, 4) is 0 Å². The molecule has 1 aliphatic heterocycles. The number of aryl methyl sites for hydroxylation is 1. The lowest BCUT2D eigenvalue weighted by atomic mass is 9.97. The van der Waals surface area contributed by atoms with E-state index in [1.165, 1.54) is 17.1 Å². The second-order valence-electron chi connectivity index (χ2n) is 7.31. The van der Waals surface area contributed by atoms with E-state index in [4.69, 9.17) is 0 Å². The van der Waals surface area contributed by atoms with E-state index < -0.39 is 10.0 Å². The molecule has 0 unspecified atom stereocenters. The van der Waals surface area contributed by atoms with Gasteiger partial charge in [0.05, 0.1) is 6.20 Å². The van der Waals surface area contributed by atoms with Crippen LogP contribution in [0.4, 0.5) is 4.79 Å². The molecule has 0 saturated carbocycles. The molecule has 24 heavy (non-hydrogen) atoms. The number of amides is 2. The molecule has 1 saturated heterocycles. The fourth-order valence-corrected chi connectivity index (χ4v) is 3.69. The Labute approximate surface area is 143 Å². The Balaban J connectivity index is 1.80. The van der Waals surface area contributed by atoms with Crippen LogP contribution < -0.4 is 10.0 Å². The lowest BCUT2D eigenvalue weighted by Crippen LogP contribution is -2.51. The third-order valence-corrected chi connectivity index (χ3v) is 5.32. The largest absolute Gasteiger partial charge is 0.333 e. The third kappa shape index (κ3) is 5.20. The molecule has 0 radical (unpaired) electrons. The highest BCUT2D eigenvalue weighted by Crippen LogP contribution is 2.18. The van der Waals surface area contributed by atoms with Gasteiger partial charge >= 0.3 is 6.03 Å². The first-order chi connectivity index (χ1) is 11.1. The van der Waals surface area contributed by atoms with Gasteiger partial charge in [0, 0.05) is 38.4 Å². The van der Waals surface area contributed by atoms with Gasteiger partial charge in [-0.3, -0.25) is 4.68 Å². The summed E-state index contributed by atoms with van der Waals surface area (Å²) in [6.45, 7) is 7.51. The van der Waals surface area contributed by atoms with Crippen molar-refractivity contribution in [2.75, 3.05) is 19.6 Å². The summed E-state index contributed by atoms with van der Waals surface area (Å²) in [7, 11) is -1.84. The van der Waals surface area contributed by atoms with Gasteiger partial charge in [0.15, 0.2) is 0 Å². The van der Waals surface area contributed by atoms with Crippen molar-refractivity contribution in [3.63, 3.8) is 0 Å². The van der Waals surface area contributed by atoms with Crippen molar-refractivity contribution >= 4 is 16.1 Å². The molecule has 0 atom stereocenters. The second kappa shape index (κ2) is 7.10. The highest BCUT2D eigenvalue weighted by Gasteiger charge is 2.26. The number of sulfonamides is 1. The normalized spacial score (nSPS) is 17.1. The highest BCUT2D eigenvalue weighted by atomic mass is 32.2. The molecule has 0 aliphatic carbocycles. The Morgan fingerprint density at radius 2 is 1.96 bits per heavy atom. The van der Waals surface area contributed by atoms with Crippen molar-refractivity contribution in [2.24, 2.45) is 13.0 Å². The molecule has 2 N–H and O–H groups in total. The number of nitrogens with one attached hydrogen (secondary N) is 2. The maximum Gasteiger partial charge on any atom is 0.317 e. The van der Waals surface area contributed by atoms with Crippen LogP contribution in [0.3, 0.4) is 0 Å². The maximum atomic E-state index is 12.2. The Morgan fingerprint density at radius 3 is 2.46 bits per heavy atom. The van der Waals surface area contributed by atoms with Crippen molar-refractivity contribution in [3.05, 3.63) is 12.4 Å². The minimum Gasteiger partial charge on any atom is -0.333 e. The molecular formula is C15H27N5O3S. The first kappa shape index (κ1) is 18.7. The zero-order valence-electron chi connectivity index (χ0n) is 14.7. The van der Waals surface area contributed by atoms with Gasteiger partial charge in [-0.2, -0.15) is 5.10 Å². The Morgan fingerprint density at radius 1 is 1.33 bits per heavy atom. The summed E-state index contributed by atoms with van der Waals surface area (Å²) < 4.78 is 28.5. The van der Waals surface area contributed by atoms with Gasteiger partial charge in [0.2, 0.25) is 10.0 Å². The Hall–Kier alpha value is -1.61. The molecule has 2 amide bonds. The lowest BCUT2D eigenvalue weighted by Gasteiger charge is -2.34. The SMILES string of the molecule is Cn1cc(S(=O)(=O)NCC2CCN(C(=O)NC(C)(C)C)CC2)cn1. The summed E-state index contributed by atoms with van der Waals surface area (Å²) in [6, 6.07) is -0.0584. The summed E-state index contributed by atoms with van der Waals surface area (Å²) in [5, 5.41) is 6.83. The molecule has 0 spiro atoms. The van der Waals surface area contributed by atoms with Gasteiger partial charge in [0.1, 0.15) is 4.90 Å². The fourth-order valence-electron chi connectivity index (χ4n) is 2.59. The maximum absolute atomic E-state index is 12.2. The summed E-state index contributed by atoms with van der Waals surface area (Å²) >= 11 is 0. The number of hydrogen-bond donors (Lipinski definition) is 2. The van der Waals surface area contributed by atoms with Crippen LogP contribution in [-0.2, 0) is 17.1 Å². The molecule has 0 aromatic carbocycles. The zero-order chi connectivity index (χ0) is 18.0. The monoisotopic (exact) mass is 357 g/mol. The average molecular weight is 357 g/mol. The number of likely N-dealkylation sites (tertiary alicyclic amines) is 1. The van der Waals surface area contributed by atoms with E-state index in [1.54, 1.807) is 11.9 Å². The summed E-state index contributed by atoms with van der Waals surface area (Å²) in [5.74, 6) is 0.232. The van der Waals surface area contributed by atoms with Gasteiger partial charge in [-0.05, 0) is 39.5 Å². The van der Waals surface area contributed by atoms with Crippen LogP contribution in [0.25, 0.3) is 0 Å². The van der Waals surface area contributed by atoms with Gasteiger partial charge in [-0.25, -0.2) is 17.9 Å². The van der Waals surface area contributed by atoms with E-state index in [9.17, 15) is 13.2 Å². The standard InChI is InChI=1S/C15H27N5O3S/c1-15(2,3)18-14(21)20-7-5-12(6-8-20)9-17-24(22,23)13-10-16-19(4)11-13/h10-12,17H,5-9H2,1-4H3,(H,18,21). The zero-order valence-corrected chi connectivity index (χ0v) is 15.6. The van der Waals surface area contributed by atoms with Crippen LogP contribution in [0.5, 0.6) is 0 Å². The van der Waals surface area contributed by atoms with Gasteiger partial charge < -0.3 is 10.2 Å². The fraction of sp³-hybridized carbons (Fsp3) is 0.733. The first-order valence-corrected chi connectivity index (χ1v) is 9.60. The number of piperidine rings is 1. The van der Waals surface area contributed by atoms with Crippen molar-refractivity contribution in [1.29, 1.82) is 0 Å². The lowest BCUT2D eigenvalue weighted by molar-refractivity contribution is 0.163.